The predicted octanol–water partition coefficient (Wildman–Crippen LogP) is 11.8. The Balaban J connectivity index is 1.34. The van der Waals surface area contributed by atoms with Crippen molar-refractivity contribution in [3.63, 3.8) is 0 Å². The van der Waals surface area contributed by atoms with E-state index in [0.29, 0.717) is 0 Å². The molecule has 0 aliphatic carbocycles. The third-order valence-electron chi connectivity index (χ3n) is 8.86. The van der Waals surface area contributed by atoms with Crippen LogP contribution in [0.1, 0.15) is 5.56 Å². The summed E-state index contributed by atoms with van der Waals surface area (Å²) in [4.78, 5) is 0. The Bertz CT molecular complexity index is 2470. The van der Waals surface area contributed by atoms with Gasteiger partial charge in [0.2, 0.25) is 0 Å². The Hall–Kier alpha value is -5.40. The van der Waals surface area contributed by atoms with Crippen LogP contribution >= 0.6 is 0 Å². The van der Waals surface area contributed by atoms with E-state index in [4.69, 9.17) is 4.42 Å². The first-order valence-corrected chi connectivity index (χ1v) is 14.5. The van der Waals surface area contributed by atoms with E-state index in [1.54, 1.807) is 0 Å². The lowest BCUT2D eigenvalue weighted by Crippen LogP contribution is -1.91. The van der Waals surface area contributed by atoms with E-state index < -0.39 is 0 Å². The molecule has 1 heteroatoms. The van der Waals surface area contributed by atoms with Crippen LogP contribution in [0, 0.1) is 6.92 Å². The van der Waals surface area contributed by atoms with Gasteiger partial charge in [0.1, 0.15) is 11.2 Å². The lowest BCUT2D eigenvalue weighted by atomic mass is 9.85. The van der Waals surface area contributed by atoms with E-state index in [1.165, 1.54) is 81.7 Å². The summed E-state index contributed by atoms with van der Waals surface area (Å²) < 4.78 is 6.23. The molecular weight excluding hydrogens is 508 g/mol. The van der Waals surface area contributed by atoms with Gasteiger partial charge >= 0.3 is 0 Å². The standard InChI is InChI=1S/C41H26O/c1-25-14-20-37-36(22-25)41-31-19-17-30(24-28(31)18-21-38(41)42-37)40-34-12-6-4-10-32(34)39(33-11-5-7-13-35(33)40)29-16-15-26-8-2-3-9-27(26)23-29/h2-24H,1H3. The highest BCUT2D eigenvalue weighted by Crippen LogP contribution is 2.45. The molecule has 1 aromatic heterocycles. The summed E-state index contributed by atoms with van der Waals surface area (Å²) >= 11 is 0. The Morgan fingerprint density at radius 3 is 1.62 bits per heavy atom. The highest BCUT2D eigenvalue weighted by atomic mass is 16.3. The molecule has 0 aliphatic rings. The summed E-state index contributed by atoms with van der Waals surface area (Å²) in [6, 6.07) is 50.9. The van der Waals surface area contributed by atoms with Crippen molar-refractivity contribution >= 4 is 65.0 Å². The fourth-order valence-corrected chi connectivity index (χ4v) is 6.97. The molecule has 0 aliphatic heterocycles. The fourth-order valence-electron chi connectivity index (χ4n) is 6.97. The van der Waals surface area contributed by atoms with Crippen LogP contribution in [-0.2, 0) is 0 Å². The first kappa shape index (κ1) is 23.3. The molecular formula is C41H26O. The smallest absolute Gasteiger partial charge is 0.136 e. The molecule has 9 aromatic rings. The minimum absolute atomic E-state index is 0.937. The Morgan fingerprint density at radius 1 is 0.381 bits per heavy atom. The second-order valence-electron chi connectivity index (χ2n) is 11.4. The maximum atomic E-state index is 6.23. The van der Waals surface area contributed by atoms with Crippen molar-refractivity contribution in [2.75, 3.05) is 0 Å². The van der Waals surface area contributed by atoms with Gasteiger partial charge in [-0.05, 0) is 103 Å². The molecule has 42 heavy (non-hydrogen) atoms. The van der Waals surface area contributed by atoms with Crippen molar-refractivity contribution in [1.29, 1.82) is 0 Å². The maximum Gasteiger partial charge on any atom is 0.136 e. The molecule has 0 amide bonds. The van der Waals surface area contributed by atoms with Gasteiger partial charge in [-0.2, -0.15) is 0 Å². The molecule has 0 N–H and O–H groups in total. The fraction of sp³-hybridized carbons (Fsp3) is 0.0244. The van der Waals surface area contributed by atoms with Gasteiger partial charge in [-0.1, -0.05) is 115 Å². The average Bonchev–Trinajstić information content (AvgIpc) is 3.41. The molecule has 0 saturated heterocycles. The van der Waals surface area contributed by atoms with Crippen LogP contribution in [0.4, 0.5) is 0 Å². The molecule has 0 saturated carbocycles. The van der Waals surface area contributed by atoms with Crippen LogP contribution in [0.15, 0.2) is 144 Å². The third-order valence-corrected chi connectivity index (χ3v) is 8.86. The van der Waals surface area contributed by atoms with Crippen molar-refractivity contribution in [3.8, 4) is 22.3 Å². The number of benzene rings is 8. The minimum atomic E-state index is 0.937. The largest absolute Gasteiger partial charge is 0.456 e. The summed E-state index contributed by atoms with van der Waals surface area (Å²) in [5.41, 5.74) is 8.15. The van der Waals surface area contributed by atoms with Gasteiger partial charge in [0.05, 0.1) is 0 Å². The van der Waals surface area contributed by atoms with E-state index in [0.717, 1.165) is 11.2 Å². The molecule has 0 radical (unpaired) electrons. The maximum absolute atomic E-state index is 6.23. The molecule has 0 fully saturated rings. The zero-order valence-corrected chi connectivity index (χ0v) is 23.2. The van der Waals surface area contributed by atoms with Gasteiger partial charge < -0.3 is 4.42 Å². The topological polar surface area (TPSA) is 13.1 Å². The second kappa shape index (κ2) is 8.80. The number of rotatable bonds is 2. The SMILES string of the molecule is Cc1ccc2oc3ccc4cc(-c5c6ccccc6c(-c6ccc7ccccc7c6)c6ccccc56)ccc4c3c2c1. The monoisotopic (exact) mass is 534 g/mol. The average molecular weight is 535 g/mol. The van der Waals surface area contributed by atoms with E-state index in [-0.39, 0.29) is 0 Å². The van der Waals surface area contributed by atoms with Crippen LogP contribution < -0.4 is 0 Å². The first-order valence-electron chi connectivity index (χ1n) is 14.5. The quantitative estimate of drug-likeness (QED) is 0.201. The van der Waals surface area contributed by atoms with Gasteiger partial charge in [0, 0.05) is 10.8 Å². The Kier molecular flexibility index (Phi) is 4.88. The van der Waals surface area contributed by atoms with Gasteiger partial charge in [-0.15, -0.1) is 0 Å². The molecule has 196 valence electrons. The number of hydrogen-bond acceptors (Lipinski definition) is 1. The molecule has 0 bridgehead atoms. The van der Waals surface area contributed by atoms with Gasteiger partial charge in [-0.25, -0.2) is 0 Å². The molecule has 1 nitrogen and oxygen atoms in total. The van der Waals surface area contributed by atoms with Crippen LogP contribution in [0.3, 0.4) is 0 Å². The van der Waals surface area contributed by atoms with Crippen molar-refractivity contribution in [3.05, 3.63) is 145 Å². The van der Waals surface area contributed by atoms with E-state index in [1.807, 2.05) is 0 Å². The van der Waals surface area contributed by atoms with Crippen LogP contribution in [0.5, 0.6) is 0 Å². The van der Waals surface area contributed by atoms with Crippen molar-refractivity contribution in [1.82, 2.24) is 0 Å². The highest BCUT2D eigenvalue weighted by molar-refractivity contribution is 6.23. The summed E-state index contributed by atoms with van der Waals surface area (Å²) in [5.74, 6) is 0. The summed E-state index contributed by atoms with van der Waals surface area (Å²) in [5, 5.41) is 12.4. The highest BCUT2D eigenvalue weighted by Gasteiger charge is 2.18. The van der Waals surface area contributed by atoms with Crippen molar-refractivity contribution in [2.24, 2.45) is 0 Å². The normalized spacial score (nSPS) is 11.9. The lowest BCUT2D eigenvalue weighted by molar-refractivity contribution is 0.669. The second-order valence-corrected chi connectivity index (χ2v) is 11.4. The van der Waals surface area contributed by atoms with E-state index in [9.17, 15) is 0 Å². The first-order chi connectivity index (χ1) is 20.7. The van der Waals surface area contributed by atoms with E-state index in [2.05, 4.69) is 146 Å². The molecule has 8 aromatic carbocycles. The molecule has 9 rings (SSSR count). The molecule has 0 spiro atoms. The Morgan fingerprint density at radius 2 is 0.929 bits per heavy atom. The summed E-state index contributed by atoms with van der Waals surface area (Å²) in [6.07, 6.45) is 0. The number of furan rings is 1. The van der Waals surface area contributed by atoms with Gasteiger partial charge in [0.25, 0.3) is 0 Å². The van der Waals surface area contributed by atoms with E-state index >= 15 is 0 Å². The van der Waals surface area contributed by atoms with Crippen molar-refractivity contribution in [2.45, 2.75) is 6.92 Å². The molecule has 1 heterocycles. The summed E-state index contributed by atoms with van der Waals surface area (Å²) in [7, 11) is 0. The number of aryl methyl sites for hydroxylation is 1. The molecule has 0 unspecified atom stereocenters. The number of hydrogen-bond donors (Lipinski definition) is 0. The van der Waals surface area contributed by atoms with Crippen LogP contribution in [0.2, 0.25) is 0 Å². The number of fused-ring (bicyclic) bond motifs is 8. The van der Waals surface area contributed by atoms with Crippen LogP contribution in [-0.4, -0.2) is 0 Å². The predicted molar refractivity (Wildman–Crippen MR) is 179 cm³/mol. The zero-order valence-electron chi connectivity index (χ0n) is 23.2. The Labute approximate surface area is 243 Å². The summed E-state index contributed by atoms with van der Waals surface area (Å²) in [6.45, 7) is 2.14. The van der Waals surface area contributed by atoms with Crippen molar-refractivity contribution < 1.29 is 4.42 Å². The minimum Gasteiger partial charge on any atom is -0.456 e. The van der Waals surface area contributed by atoms with Crippen LogP contribution in [0.25, 0.3) is 87.3 Å². The zero-order chi connectivity index (χ0) is 27.8. The lowest BCUT2D eigenvalue weighted by Gasteiger charge is -2.18. The van der Waals surface area contributed by atoms with Gasteiger partial charge in [-0.3, -0.25) is 0 Å². The third kappa shape index (κ3) is 3.37. The molecule has 0 atom stereocenters. The van der Waals surface area contributed by atoms with Gasteiger partial charge in [0.15, 0.2) is 0 Å².